The molecule has 0 aromatic heterocycles. The van der Waals surface area contributed by atoms with Crippen LogP contribution in [0, 0.1) is 5.92 Å². The number of Topliss-reactive ketones (excluding diaryl/α,β-unsaturated/α-hetero) is 1. The Labute approximate surface area is 221 Å². The highest BCUT2D eigenvalue weighted by Crippen LogP contribution is 2.39. The summed E-state index contributed by atoms with van der Waals surface area (Å²) in [5.41, 5.74) is 1.20. The van der Waals surface area contributed by atoms with Crippen LogP contribution < -0.4 is 0 Å². The van der Waals surface area contributed by atoms with Gasteiger partial charge in [-0.05, 0) is 75.6 Å². The molecule has 5 nitrogen and oxygen atoms in total. The maximum absolute atomic E-state index is 12.6. The summed E-state index contributed by atoms with van der Waals surface area (Å²) in [6.07, 6.45) is 6.05. The molecule has 1 aliphatic heterocycles. The summed E-state index contributed by atoms with van der Waals surface area (Å²) in [5, 5.41) is 0.158. The molecule has 36 heavy (non-hydrogen) atoms. The van der Waals surface area contributed by atoms with Crippen molar-refractivity contribution in [3.8, 4) is 0 Å². The number of ketones is 1. The van der Waals surface area contributed by atoms with E-state index in [0.29, 0.717) is 37.8 Å². The average molecular weight is 521 g/mol. The van der Waals surface area contributed by atoms with Gasteiger partial charge in [0.15, 0.2) is 14.1 Å². The first kappa shape index (κ1) is 31.2. The van der Waals surface area contributed by atoms with Crippen LogP contribution in [0.4, 0.5) is 0 Å². The highest BCUT2D eigenvalue weighted by Gasteiger charge is 2.40. The maximum atomic E-state index is 12.6. The number of benzene rings is 1. The molecule has 1 aromatic rings. The number of carbonyl (C=O) groups is 1. The van der Waals surface area contributed by atoms with Crippen molar-refractivity contribution >= 4 is 14.1 Å². The molecule has 1 heterocycles. The van der Waals surface area contributed by atoms with Crippen molar-refractivity contribution in [1.29, 1.82) is 0 Å². The van der Waals surface area contributed by atoms with E-state index in [9.17, 15) is 4.79 Å². The second-order valence-corrected chi connectivity index (χ2v) is 17.3. The van der Waals surface area contributed by atoms with Gasteiger partial charge in [0.1, 0.15) is 5.78 Å². The quantitative estimate of drug-likeness (QED) is 0.165. The second-order valence-electron chi connectivity index (χ2n) is 12.5. The summed E-state index contributed by atoms with van der Waals surface area (Å²) < 4.78 is 24.3. The first-order valence-electron chi connectivity index (χ1n) is 13.9. The van der Waals surface area contributed by atoms with E-state index in [1.807, 2.05) is 32.0 Å². The van der Waals surface area contributed by atoms with Crippen LogP contribution in [-0.2, 0) is 30.0 Å². The topological polar surface area (TPSA) is 54.0 Å². The van der Waals surface area contributed by atoms with Gasteiger partial charge >= 0.3 is 0 Å². The van der Waals surface area contributed by atoms with Gasteiger partial charge in [-0.3, -0.25) is 4.79 Å². The Morgan fingerprint density at radius 1 is 1.11 bits per heavy atom. The Kier molecular flexibility index (Phi) is 12.3. The van der Waals surface area contributed by atoms with Gasteiger partial charge in [-0.25, -0.2) is 0 Å². The Morgan fingerprint density at radius 3 is 2.42 bits per heavy atom. The van der Waals surface area contributed by atoms with Crippen molar-refractivity contribution in [3.63, 3.8) is 0 Å². The Balaban J connectivity index is 1.78. The lowest BCUT2D eigenvalue weighted by Crippen LogP contribution is -2.45. The fraction of sp³-hybridized carbons (Fsp3) is 0.767. The second kappa shape index (κ2) is 14.2. The van der Waals surface area contributed by atoms with Crippen molar-refractivity contribution in [2.75, 3.05) is 13.2 Å². The average Bonchev–Trinajstić information content (AvgIpc) is 3.14. The van der Waals surface area contributed by atoms with Gasteiger partial charge < -0.3 is 18.6 Å². The predicted octanol–water partition coefficient (Wildman–Crippen LogP) is 7.68. The van der Waals surface area contributed by atoms with Gasteiger partial charge in [0.05, 0.1) is 19.3 Å². The van der Waals surface area contributed by atoms with Crippen LogP contribution in [0.15, 0.2) is 30.3 Å². The third kappa shape index (κ3) is 11.1. The molecule has 1 aromatic carbocycles. The van der Waals surface area contributed by atoms with Crippen LogP contribution >= 0.6 is 0 Å². The SMILES string of the molecule is C[C@@H](CCC(=O)CCC[C@H]1COC(C)(C)O1)[C@@H](CCCOCc1ccccc1)O[Si](C)(C)C(C)(C)C. The Hall–Kier alpha value is -1.05. The molecule has 0 amide bonds. The number of carbonyl (C=O) groups excluding carboxylic acids is 1. The maximum Gasteiger partial charge on any atom is 0.192 e. The van der Waals surface area contributed by atoms with Gasteiger partial charge in [-0.15, -0.1) is 0 Å². The van der Waals surface area contributed by atoms with Crippen LogP contribution in [-0.4, -0.2) is 45.3 Å². The molecule has 0 radical (unpaired) electrons. The fourth-order valence-corrected chi connectivity index (χ4v) is 5.76. The zero-order chi connectivity index (χ0) is 26.8. The third-order valence-corrected chi connectivity index (χ3v) is 12.2. The van der Waals surface area contributed by atoms with E-state index in [-0.39, 0.29) is 17.2 Å². The lowest BCUT2D eigenvalue weighted by atomic mass is 9.93. The smallest absolute Gasteiger partial charge is 0.192 e. The first-order valence-corrected chi connectivity index (χ1v) is 16.8. The van der Waals surface area contributed by atoms with Crippen molar-refractivity contribution in [3.05, 3.63) is 35.9 Å². The van der Waals surface area contributed by atoms with E-state index >= 15 is 0 Å². The van der Waals surface area contributed by atoms with Gasteiger partial charge in [0.25, 0.3) is 0 Å². The predicted molar refractivity (Wildman–Crippen MR) is 150 cm³/mol. The minimum Gasteiger partial charge on any atom is -0.414 e. The molecule has 1 fully saturated rings. The number of ether oxygens (including phenoxy) is 3. The molecular weight excluding hydrogens is 468 g/mol. The van der Waals surface area contributed by atoms with Crippen LogP contribution in [0.25, 0.3) is 0 Å². The summed E-state index contributed by atoms with van der Waals surface area (Å²) in [7, 11) is -1.91. The van der Waals surface area contributed by atoms with Gasteiger partial charge in [-0.1, -0.05) is 58.0 Å². The van der Waals surface area contributed by atoms with Crippen LogP contribution in [0.3, 0.4) is 0 Å². The number of hydrogen-bond donors (Lipinski definition) is 0. The third-order valence-electron chi connectivity index (χ3n) is 7.70. The summed E-state index contributed by atoms with van der Waals surface area (Å²) in [5.74, 6) is 0.192. The molecule has 0 spiro atoms. The van der Waals surface area contributed by atoms with Crippen LogP contribution in [0.2, 0.25) is 18.1 Å². The summed E-state index contributed by atoms with van der Waals surface area (Å²) in [4.78, 5) is 12.6. The highest BCUT2D eigenvalue weighted by atomic mass is 28.4. The molecule has 1 saturated heterocycles. The molecular formula is C30H52O5Si. The molecule has 3 atom stereocenters. The van der Waals surface area contributed by atoms with Crippen LogP contribution in [0.5, 0.6) is 0 Å². The zero-order valence-electron chi connectivity index (χ0n) is 24.2. The molecule has 0 aliphatic carbocycles. The standard InChI is InChI=1S/C30H52O5Si/c1-24(19-20-26(31)16-12-17-27-23-33-30(5,6)34-27)28(35-36(7,8)29(2,3)4)18-13-21-32-22-25-14-10-9-11-15-25/h9-11,14-15,24,27-28H,12-13,16-23H2,1-8H3/t24-,27-,28+/m0/s1. The summed E-state index contributed by atoms with van der Waals surface area (Å²) >= 11 is 0. The molecule has 0 bridgehead atoms. The van der Waals surface area contributed by atoms with Gasteiger partial charge in [0, 0.05) is 25.6 Å². The van der Waals surface area contributed by atoms with Crippen molar-refractivity contribution in [2.45, 2.75) is 129 Å². The first-order chi connectivity index (χ1) is 16.8. The fourth-order valence-electron chi connectivity index (χ4n) is 4.30. The zero-order valence-corrected chi connectivity index (χ0v) is 25.2. The van der Waals surface area contributed by atoms with Crippen LogP contribution in [0.1, 0.15) is 92.1 Å². The molecule has 2 rings (SSSR count). The summed E-state index contributed by atoms with van der Waals surface area (Å²) in [6, 6.07) is 10.3. The van der Waals surface area contributed by atoms with E-state index < -0.39 is 14.1 Å². The molecule has 6 heteroatoms. The molecule has 0 unspecified atom stereocenters. The lowest BCUT2D eigenvalue weighted by molar-refractivity contribution is -0.139. The van der Waals surface area contributed by atoms with Gasteiger partial charge in [0.2, 0.25) is 0 Å². The lowest BCUT2D eigenvalue weighted by Gasteiger charge is -2.41. The number of hydrogen-bond acceptors (Lipinski definition) is 5. The van der Waals surface area contributed by atoms with E-state index in [1.165, 1.54) is 5.56 Å². The van der Waals surface area contributed by atoms with Crippen molar-refractivity contribution < 1.29 is 23.4 Å². The van der Waals surface area contributed by atoms with E-state index in [0.717, 1.165) is 38.7 Å². The minimum absolute atomic E-state index is 0.109. The van der Waals surface area contributed by atoms with Crippen molar-refractivity contribution in [2.24, 2.45) is 5.92 Å². The largest absolute Gasteiger partial charge is 0.414 e. The minimum atomic E-state index is -1.91. The Bertz CT molecular complexity index is 771. The molecule has 206 valence electrons. The highest BCUT2D eigenvalue weighted by molar-refractivity contribution is 6.74. The normalized spacial score (nSPS) is 19.8. The van der Waals surface area contributed by atoms with Gasteiger partial charge in [-0.2, -0.15) is 0 Å². The van der Waals surface area contributed by atoms with E-state index in [4.69, 9.17) is 18.6 Å². The number of rotatable bonds is 16. The van der Waals surface area contributed by atoms with Crippen molar-refractivity contribution in [1.82, 2.24) is 0 Å². The molecule has 0 saturated carbocycles. The Morgan fingerprint density at radius 2 is 1.81 bits per heavy atom. The van der Waals surface area contributed by atoms with E-state index in [2.05, 4.69) is 52.9 Å². The monoisotopic (exact) mass is 520 g/mol. The summed E-state index contributed by atoms with van der Waals surface area (Å²) in [6.45, 7) is 19.6. The molecule has 0 N–H and O–H groups in total. The molecule has 1 aliphatic rings. The van der Waals surface area contributed by atoms with E-state index in [1.54, 1.807) is 0 Å².